The number of hydrogen-bond donors (Lipinski definition) is 0. The van der Waals surface area contributed by atoms with Crippen LogP contribution in [0.15, 0.2) is 40.6 Å². The molecule has 0 aliphatic carbocycles. The van der Waals surface area contributed by atoms with E-state index in [0.29, 0.717) is 0 Å². The summed E-state index contributed by atoms with van der Waals surface area (Å²) >= 11 is 0. The van der Waals surface area contributed by atoms with E-state index in [1.54, 1.807) is 27.9 Å². The Bertz CT molecular complexity index is 181. The van der Waals surface area contributed by atoms with Gasteiger partial charge in [-0.3, -0.25) is 0 Å². The molecular weight excluding hydrogens is 164 g/mol. The molecule has 1 aromatic rings. The van der Waals surface area contributed by atoms with Crippen LogP contribution in [0.25, 0.3) is 0 Å². The Hall–Kier alpha value is -0.280. The van der Waals surface area contributed by atoms with E-state index in [-0.39, 0.29) is 0 Å². The van der Waals surface area contributed by atoms with Crippen molar-refractivity contribution in [1.82, 2.24) is 0 Å². The minimum absolute atomic E-state index is 0.950. The molecule has 0 amide bonds. The summed E-state index contributed by atoms with van der Waals surface area (Å²) in [5.74, 6) is 0.950. The maximum atomic E-state index is 5.09. The summed E-state index contributed by atoms with van der Waals surface area (Å²) in [5, 5.41) is 0.951. The highest BCUT2D eigenvalue weighted by Crippen LogP contribution is 2.30. The van der Waals surface area contributed by atoms with Gasteiger partial charge >= 0.3 is 0 Å². The molecule has 1 nitrogen and oxygen atoms in total. The fraction of sp³-hybridized carbons (Fsp3) is 0.143. The van der Waals surface area contributed by atoms with Gasteiger partial charge in [-0.15, -0.1) is 6.58 Å². The third-order valence-corrected chi connectivity index (χ3v) is 2.96. The van der Waals surface area contributed by atoms with E-state index >= 15 is 0 Å². The molecule has 0 fully saturated rings. The van der Waals surface area contributed by atoms with Crippen molar-refractivity contribution in [3.63, 3.8) is 0 Å². The van der Waals surface area contributed by atoms with Crippen LogP contribution in [0.1, 0.15) is 0 Å². The monoisotopic (exact) mass is 172 g/mol. The van der Waals surface area contributed by atoms with Crippen molar-refractivity contribution in [3.8, 4) is 0 Å². The Morgan fingerprint density at radius 3 is 3.20 bits per heavy atom. The SMILES string of the molecule is C=CCSSc1ccco1. The lowest BCUT2D eigenvalue weighted by molar-refractivity contribution is 0.476. The van der Waals surface area contributed by atoms with Crippen LogP contribution in [0, 0.1) is 0 Å². The summed E-state index contributed by atoms with van der Waals surface area (Å²) in [6.07, 6.45) is 3.55. The Morgan fingerprint density at radius 1 is 1.70 bits per heavy atom. The van der Waals surface area contributed by atoms with Gasteiger partial charge in [0.2, 0.25) is 0 Å². The molecule has 0 N–H and O–H groups in total. The van der Waals surface area contributed by atoms with Gasteiger partial charge in [-0.1, -0.05) is 16.9 Å². The topological polar surface area (TPSA) is 13.1 Å². The van der Waals surface area contributed by atoms with Gasteiger partial charge in [0.1, 0.15) is 0 Å². The molecule has 1 heterocycles. The van der Waals surface area contributed by atoms with Crippen molar-refractivity contribution in [2.24, 2.45) is 0 Å². The van der Waals surface area contributed by atoms with Gasteiger partial charge in [0.15, 0.2) is 5.09 Å². The summed E-state index contributed by atoms with van der Waals surface area (Å²) in [7, 11) is 3.35. The lowest BCUT2D eigenvalue weighted by Gasteiger charge is -1.90. The summed E-state index contributed by atoms with van der Waals surface area (Å²) in [6, 6.07) is 3.83. The second kappa shape index (κ2) is 4.52. The van der Waals surface area contributed by atoms with E-state index in [9.17, 15) is 0 Å². The second-order valence-electron chi connectivity index (χ2n) is 1.59. The van der Waals surface area contributed by atoms with Gasteiger partial charge in [-0.25, -0.2) is 0 Å². The Balaban J connectivity index is 2.21. The third-order valence-electron chi connectivity index (χ3n) is 0.822. The molecule has 54 valence electrons. The maximum Gasteiger partial charge on any atom is 0.170 e. The van der Waals surface area contributed by atoms with Crippen LogP contribution in [0.3, 0.4) is 0 Å². The standard InChI is InChI=1S/C7H8OS2/c1-2-6-9-10-7-4-3-5-8-7/h2-5H,1,6H2. The molecule has 0 aliphatic rings. The predicted octanol–water partition coefficient (Wildman–Crippen LogP) is 3.21. The Labute approximate surface area is 68.3 Å². The second-order valence-corrected chi connectivity index (χ2v) is 3.93. The summed E-state index contributed by atoms with van der Waals surface area (Å²) in [5.41, 5.74) is 0. The van der Waals surface area contributed by atoms with Crippen molar-refractivity contribution >= 4 is 21.6 Å². The van der Waals surface area contributed by atoms with E-state index in [1.807, 2.05) is 18.2 Å². The zero-order chi connectivity index (χ0) is 7.23. The van der Waals surface area contributed by atoms with Crippen LogP contribution < -0.4 is 0 Å². The van der Waals surface area contributed by atoms with Crippen LogP contribution >= 0.6 is 21.6 Å². The zero-order valence-corrected chi connectivity index (χ0v) is 7.08. The van der Waals surface area contributed by atoms with Gasteiger partial charge in [-0.2, -0.15) is 0 Å². The number of rotatable bonds is 4. The van der Waals surface area contributed by atoms with E-state index in [2.05, 4.69) is 6.58 Å². The smallest absolute Gasteiger partial charge is 0.170 e. The van der Waals surface area contributed by atoms with Crippen LogP contribution in [0.4, 0.5) is 0 Å². The highest BCUT2D eigenvalue weighted by atomic mass is 33.1. The molecule has 1 rings (SSSR count). The lowest BCUT2D eigenvalue weighted by atomic mass is 10.7. The molecule has 1 aromatic heterocycles. The summed E-state index contributed by atoms with van der Waals surface area (Å²) in [6.45, 7) is 3.61. The molecule has 0 aromatic carbocycles. The van der Waals surface area contributed by atoms with Crippen molar-refractivity contribution < 1.29 is 4.42 Å². The first kappa shape index (κ1) is 7.82. The fourth-order valence-electron chi connectivity index (χ4n) is 0.451. The van der Waals surface area contributed by atoms with E-state index in [1.165, 1.54) is 0 Å². The average molecular weight is 172 g/mol. The molecule has 0 bridgehead atoms. The molecule has 3 heteroatoms. The van der Waals surface area contributed by atoms with Gasteiger partial charge in [0.05, 0.1) is 6.26 Å². The molecular formula is C7H8OS2. The van der Waals surface area contributed by atoms with Gasteiger partial charge in [0.25, 0.3) is 0 Å². The minimum atomic E-state index is 0.950. The van der Waals surface area contributed by atoms with Gasteiger partial charge in [-0.05, 0) is 22.9 Å². The molecule has 10 heavy (non-hydrogen) atoms. The Kier molecular flexibility index (Phi) is 3.54. The summed E-state index contributed by atoms with van der Waals surface area (Å²) in [4.78, 5) is 0. The largest absolute Gasteiger partial charge is 0.457 e. The summed E-state index contributed by atoms with van der Waals surface area (Å²) < 4.78 is 5.09. The van der Waals surface area contributed by atoms with Crippen molar-refractivity contribution in [1.29, 1.82) is 0 Å². The first-order valence-electron chi connectivity index (χ1n) is 2.87. The van der Waals surface area contributed by atoms with Crippen LogP contribution in [-0.4, -0.2) is 5.75 Å². The third kappa shape index (κ3) is 2.54. The number of hydrogen-bond acceptors (Lipinski definition) is 3. The molecule has 0 atom stereocenters. The number of furan rings is 1. The van der Waals surface area contributed by atoms with E-state index in [4.69, 9.17) is 4.42 Å². The first-order chi connectivity index (χ1) is 4.93. The highest BCUT2D eigenvalue weighted by molar-refractivity contribution is 8.76. The van der Waals surface area contributed by atoms with Crippen LogP contribution in [0.5, 0.6) is 0 Å². The normalized spacial score (nSPS) is 9.60. The molecule has 0 spiro atoms. The van der Waals surface area contributed by atoms with Crippen molar-refractivity contribution in [3.05, 3.63) is 31.1 Å². The van der Waals surface area contributed by atoms with Crippen LogP contribution in [0.2, 0.25) is 0 Å². The van der Waals surface area contributed by atoms with Gasteiger partial charge < -0.3 is 4.42 Å². The van der Waals surface area contributed by atoms with E-state index in [0.717, 1.165) is 10.8 Å². The Morgan fingerprint density at radius 2 is 2.60 bits per heavy atom. The lowest BCUT2D eigenvalue weighted by Crippen LogP contribution is -1.60. The van der Waals surface area contributed by atoms with Crippen molar-refractivity contribution in [2.75, 3.05) is 5.75 Å². The van der Waals surface area contributed by atoms with E-state index < -0.39 is 0 Å². The average Bonchev–Trinajstić information content (AvgIpc) is 2.41. The first-order valence-corrected chi connectivity index (χ1v) is 5.19. The molecule has 0 saturated heterocycles. The fourth-order valence-corrected chi connectivity index (χ4v) is 2.09. The highest BCUT2D eigenvalue weighted by Gasteiger charge is 1.93. The van der Waals surface area contributed by atoms with Crippen LogP contribution in [-0.2, 0) is 0 Å². The molecule has 0 saturated carbocycles. The minimum Gasteiger partial charge on any atom is -0.457 e. The van der Waals surface area contributed by atoms with Gasteiger partial charge in [0, 0.05) is 5.75 Å². The molecule has 0 aliphatic heterocycles. The maximum absolute atomic E-state index is 5.09. The van der Waals surface area contributed by atoms with Crippen molar-refractivity contribution in [2.45, 2.75) is 5.09 Å². The quantitative estimate of drug-likeness (QED) is 0.393. The zero-order valence-electron chi connectivity index (χ0n) is 5.45. The predicted molar refractivity (Wildman–Crippen MR) is 47.2 cm³/mol. The molecule has 0 unspecified atom stereocenters. The molecule has 0 radical (unpaired) electrons.